The van der Waals surface area contributed by atoms with Gasteiger partial charge in [-0.3, -0.25) is 9.59 Å². The van der Waals surface area contributed by atoms with Crippen molar-refractivity contribution in [3.8, 4) is 0 Å². The van der Waals surface area contributed by atoms with Gasteiger partial charge >= 0.3 is 11.9 Å². The molecule has 4 atom stereocenters. The summed E-state index contributed by atoms with van der Waals surface area (Å²) in [5.74, 6) is -1.77. The number of piperidine rings is 1. The van der Waals surface area contributed by atoms with Gasteiger partial charge in [0.25, 0.3) is 5.91 Å². The molecule has 4 aromatic carbocycles. The molecule has 278 valence electrons. The zero-order valence-electron chi connectivity index (χ0n) is 29.9. The number of ether oxygens (including phenoxy) is 3. The van der Waals surface area contributed by atoms with Crippen molar-refractivity contribution in [2.45, 2.75) is 57.0 Å². The van der Waals surface area contributed by atoms with Gasteiger partial charge in [-0.1, -0.05) is 73.7 Å². The maximum atomic E-state index is 13.3. The second-order valence-electron chi connectivity index (χ2n) is 14.4. The van der Waals surface area contributed by atoms with E-state index in [9.17, 15) is 24.3 Å². The van der Waals surface area contributed by atoms with Crippen LogP contribution in [0.1, 0.15) is 85.5 Å². The van der Waals surface area contributed by atoms with Crippen molar-refractivity contribution in [3.63, 3.8) is 0 Å². The van der Waals surface area contributed by atoms with Gasteiger partial charge in [-0.25, -0.2) is 9.59 Å². The van der Waals surface area contributed by atoms with Gasteiger partial charge in [-0.15, -0.1) is 0 Å². The first-order chi connectivity index (χ1) is 26.2. The van der Waals surface area contributed by atoms with Crippen LogP contribution in [0.5, 0.6) is 0 Å². The molecule has 12 heteroatoms. The van der Waals surface area contributed by atoms with Crippen molar-refractivity contribution in [1.29, 1.82) is 0 Å². The lowest BCUT2D eigenvalue weighted by Crippen LogP contribution is -2.57. The fraction of sp³-hybridized carbons (Fsp3) is 0.333. The highest BCUT2D eigenvalue weighted by Gasteiger charge is 2.51. The summed E-state index contributed by atoms with van der Waals surface area (Å²) in [6, 6.07) is 29.9. The van der Waals surface area contributed by atoms with Gasteiger partial charge in [-0.2, -0.15) is 0 Å². The summed E-state index contributed by atoms with van der Waals surface area (Å²) >= 11 is 0. The number of nitrogens with zero attached hydrogens (tertiary/aromatic N) is 2. The molecule has 1 spiro atoms. The normalized spacial score (nSPS) is 23.6. The summed E-state index contributed by atoms with van der Waals surface area (Å²) in [7, 11) is 0. The first kappa shape index (κ1) is 35.6. The van der Waals surface area contributed by atoms with Crippen LogP contribution in [0.2, 0.25) is 0 Å². The monoisotopic (exact) mass is 730 g/mol. The van der Waals surface area contributed by atoms with Gasteiger partial charge in [0.05, 0.1) is 36.6 Å². The van der Waals surface area contributed by atoms with Crippen LogP contribution in [0.15, 0.2) is 97.1 Å². The summed E-state index contributed by atoms with van der Waals surface area (Å²) in [6.45, 7) is 5.02. The van der Waals surface area contributed by atoms with Crippen molar-refractivity contribution >= 4 is 29.4 Å². The quantitative estimate of drug-likeness (QED) is 0.165. The minimum absolute atomic E-state index is 0.00129. The number of carbonyl (C=O) groups is 4. The SMILES string of the molecule is CC1C(CN2CCC3(CC2)C(=O)NCN3c2ccccc2)OC(c2ccc(CNC(=O)c3ccc4c(c3)C(=O)OC4=O)cc2)OC1c1ccc(CO)cc1. The van der Waals surface area contributed by atoms with Crippen molar-refractivity contribution in [2.75, 3.05) is 31.2 Å². The molecule has 3 saturated heterocycles. The van der Waals surface area contributed by atoms with Gasteiger partial charge in [0.2, 0.25) is 5.91 Å². The van der Waals surface area contributed by atoms with E-state index in [0.29, 0.717) is 26.1 Å². The molecule has 0 aliphatic carbocycles. The fourth-order valence-corrected chi connectivity index (χ4v) is 8.02. The lowest BCUT2D eigenvalue weighted by molar-refractivity contribution is -0.276. The highest BCUT2D eigenvalue weighted by Crippen LogP contribution is 2.43. The molecule has 4 aromatic rings. The maximum absolute atomic E-state index is 13.3. The Balaban J connectivity index is 0.953. The van der Waals surface area contributed by atoms with E-state index in [1.54, 1.807) is 0 Å². The third-order valence-corrected chi connectivity index (χ3v) is 11.3. The van der Waals surface area contributed by atoms with E-state index in [1.807, 2.05) is 66.7 Å². The van der Waals surface area contributed by atoms with Crippen LogP contribution in [-0.2, 0) is 32.2 Å². The summed E-state index contributed by atoms with van der Waals surface area (Å²) in [6.07, 6.45) is 0.304. The first-order valence-electron chi connectivity index (χ1n) is 18.3. The summed E-state index contributed by atoms with van der Waals surface area (Å²) < 4.78 is 18.0. The number of esters is 2. The van der Waals surface area contributed by atoms with Crippen molar-refractivity contribution in [1.82, 2.24) is 15.5 Å². The number of benzene rings is 4. The number of para-hydroxylation sites is 1. The number of hydrogen-bond donors (Lipinski definition) is 3. The number of aliphatic hydroxyl groups excluding tert-OH is 1. The van der Waals surface area contributed by atoms with Gasteiger partial charge in [0, 0.05) is 48.9 Å². The van der Waals surface area contributed by atoms with E-state index in [4.69, 9.17) is 9.47 Å². The molecule has 4 aliphatic rings. The minimum atomic E-state index is -0.758. The number of amides is 2. The molecule has 0 aromatic heterocycles. The molecular formula is C42H42N4O8. The molecule has 0 bridgehead atoms. The Hall–Kier alpha value is -5.40. The summed E-state index contributed by atoms with van der Waals surface area (Å²) in [5.41, 5.74) is 4.47. The van der Waals surface area contributed by atoms with E-state index < -0.39 is 23.8 Å². The molecule has 54 heavy (non-hydrogen) atoms. The molecule has 0 saturated carbocycles. The Morgan fingerprint density at radius 2 is 1.54 bits per heavy atom. The standard InChI is InChI=1S/C42H42N4O8/c1-26-35(23-45-19-17-42(18-20-45)41(51)44-25-46(42)32-5-3-2-4-6-32)52-40(53-36(26)29-11-9-28(24-47)10-12-29)30-13-7-27(8-14-30)22-43-37(48)31-15-16-33-34(21-31)39(50)54-38(33)49/h2-16,21,26,35-36,40,47H,17-20,22-25H2,1H3,(H,43,48)(H,44,51). The van der Waals surface area contributed by atoms with Crippen molar-refractivity contribution in [3.05, 3.63) is 136 Å². The number of rotatable bonds is 9. The predicted molar refractivity (Wildman–Crippen MR) is 197 cm³/mol. The number of anilines is 1. The van der Waals surface area contributed by atoms with Crippen LogP contribution in [0.4, 0.5) is 5.69 Å². The zero-order chi connectivity index (χ0) is 37.4. The van der Waals surface area contributed by atoms with Gasteiger partial charge < -0.3 is 39.8 Å². The van der Waals surface area contributed by atoms with E-state index >= 15 is 0 Å². The zero-order valence-corrected chi connectivity index (χ0v) is 29.9. The lowest BCUT2D eigenvalue weighted by Gasteiger charge is -2.46. The van der Waals surface area contributed by atoms with Crippen molar-refractivity contribution < 1.29 is 38.5 Å². The third-order valence-electron chi connectivity index (χ3n) is 11.3. The third kappa shape index (κ3) is 6.77. The number of carbonyl (C=O) groups excluding carboxylic acids is 4. The Kier molecular flexibility index (Phi) is 9.76. The molecule has 4 heterocycles. The molecule has 3 N–H and O–H groups in total. The number of cyclic esters (lactones) is 2. The molecule has 2 amide bonds. The van der Waals surface area contributed by atoms with Crippen LogP contribution >= 0.6 is 0 Å². The minimum Gasteiger partial charge on any atom is -0.392 e. The van der Waals surface area contributed by atoms with E-state index in [0.717, 1.165) is 41.0 Å². The van der Waals surface area contributed by atoms with Crippen molar-refractivity contribution in [2.24, 2.45) is 5.92 Å². The Morgan fingerprint density at radius 3 is 2.26 bits per heavy atom. The number of likely N-dealkylation sites (tertiary alicyclic amines) is 1. The lowest BCUT2D eigenvalue weighted by atomic mass is 9.84. The Bertz CT molecular complexity index is 2050. The number of aliphatic hydroxyl groups is 1. The van der Waals surface area contributed by atoms with Crippen LogP contribution in [0.3, 0.4) is 0 Å². The average Bonchev–Trinajstić information content (AvgIpc) is 3.68. The Labute approximate surface area is 313 Å². The van der Waals surface area contributed by atoms with E-state index in [-0.39, 0.29) is 59.8 Å². The number of hydrogen-bond acceptors (Lipinski definition) is 10. The molecule has 12 nitrogen and oxygen atoms in total. The average molecular weight is 731 g/mol. The first-order valence-corrected chi connectivity index (χ1v) is 18.3. The molecule has 4 unspecified atom stereocenters. The molecular weight excluding hydrogens is 688 g/mol. The van der Waals surface area contributed by atoms with Gasteiger partial charge in [-0.05, 0) is 59.9 Å². The molecule has 4 aliphatic heterocycles. The number of nitrogens with one attached hydrogen (secondary N) is 2. The molecule has 8 rings (SSSR count). The summed E-state index contributed by atoms with van der Waals surface area (Å²) in [4.78, 5) is 54.5. The highest BCUT2D eigenvalue weighted by atomic mass is 16.7. The highest BCUT2D eigenvalue weighted by molar-refractivity contribution is 6.15. The van der Waals surface area contributed by atoms with Gasteiger partial charge in [0.1, 0.15) is 5.54 Å². The number of fused-ring (bicyclic) bond motifs is 1. The second-order valence-corrected chi connectivity index (χ2v) is 14.4. The van der Waals surface area contributed by atoms with Crippen LogP contribution in [-0.4, -0.2) is 71.7 Å². The topological polar surface area (TPSA) is 147 Å². The molecule has 0 radical (unpaired) electrons. The molecule has 3 fully saturated rings. The second kappa shape index (κ2) is 14.8. The largest absolute Gasteiger partial charge is 0.392 e. The Morgan fingerprint density at radius 1 is 0.852 bits per heavy atom. The van der Waals surface area contributed by atoms with E-state index in [1.165, 1.54) is 18.2 Å². The fourth-order valence-electron chi connectivity index (χ4n) is 8.02. The van der Waals surface area contributed by atoms with E-state index in [2.05, 4.69) is 44.2 Å². The smallest absolute Gasteiger partial charge is 0.346 e. The maximum Gasteiger partial charge on any atom is 0.346 e. The van der Waals surface area contributed by atoms with Crippen LogP contribution < -0.4 is 15.5 Å². The van der Waals surface area contributed by atoms with Crippen LogP contribution in [0, 0.1) is 5.92 Å². The van der Waals surface area contributed by atoms with Crippen LogP contribution in [0.25, 0.3) is 0 Å². The van der Waals surface area contributed by atoms with Gasteiger partial charge in [0.15, 0.2) is 6.29 Å². The predicted octanol–water partition coefficient (Wildman–Crippen LogP) is 4.64. The summed E-state index contributed by atoms with van der Waals surface area (Å²) in [5, 5.41) is 15.6.